The molecule has 14 heteroatoms. The van der Waals surface area contributed by atoms with E-state index in [0.717, 1.165) is 18.0 Å². The Hall–Kier alpha value is -3.94. The van der Waals surface area contributed by atoms with Gasteiger partial charge in [0.1, 0.15) is 18.8 Å². The molecule has 0 spiro atoms. The Kier molecular flexibility index (Phi) is 6.82. The highest BCUT2D eigenvalue weighted by Crippen LogP contribution is 2.39. The molecule has 0 atom stereocenters. The number of nitrogens with one attached hydrogen (secondary N) is 1. The van der Waals surface area contributed by atoms with Gasteiger partial charge in [0, 0.05) is 44.2 Å². The van der Waals surface area contributed by atoms with Crippen molar-refractivity contribution in [1.29, 1.82) is 0 Å². The molecule has 12 nitrogen and oxygen atoms in total. The number of rotatable bonds is 5. The number of piperidine rings is 1. The molecule has 2 aliphatic rings. The zero-order valence-corrected chi connectivity index (χ0v) is 22.0. The maximum absolute atomic E-state index is 14.7. The number of sulfone groups is 1. The Morgan fingerprint density at radius 3 is 2.61 bits per heavy atom. The van der Waals surface area contributed by atoms with Crippen molar-refractivity contribution in [2.45, 2.75) is 30.7 Å². The highest BCUT2D eigenvalue weighted by atomic mass is 32.2. The molecule has 1 aromatic carbocycles. The first-order valence-electron chi connectivity index (χ1n) is 12.1. The second-order valence-electron chi connectivity index (χ2n) is 9.29. The van der Waals surface area contributed by atoms with Crippen LogP contribution in [0.3, 0.4) is 0 Å². The van der Waals surface area contributed by atoms with Gasteiger partial charge in [-0.25, -0.2) is 27.6 Å². The molecule has 1 amide bonds. The van der Waals surface area contributed by atoms with E-state index in [0.29, 0.717) is 50.7 Å². The number of anilines is 3. The van der Waals surface area contributed by atoms with Crippen LogP contribution in [0.1, 0.15) is 18.5 Å². The van der Waals surface area contributed by atoms with E-state index in [9.17, 15) is 17.6 Å². The smallest absolute Gasteiger partial charge is 0.416 e. The summed E-state index contributed by atoms with van der Waals surface area (Å²) in [5, 5.41) is 7.08. The number of carbonyl (C=O) groups excluding carboxylic acids is 1. The summed E-state index contributed by atoms with van der Waals surface area (Å²) in [6, 6.07) is 5.46. The van der Waals surface area contributed by atoms with Crippen LogP contribution < -0.4 is 19.7 Å². The van der Waals surface area contributed by atoms with Crippen LogP contribution in [0, 0.1) is 12.7 Å². The minimum Gasteiger partial charge on any atom is -0.485 e. The molecule has 0 bridgehead atoms. The monoisotopic (exact) mass is 545 g/mol. The molecule has 3 aromatic rings. The van der Waals surface area contributed by atoms with E-state index in [4.69, 9.17) is 9.47 Å². The number of hydrogen-bond donors (Lipinski definition) is 1. The molecule has 2 aliphatic heterocycles. The van der Waals surface area contributed by atoms with Gasteiger partial charge in [-0.2, -0.15) is 0 Å². The Bertz CT molecular complexity index is 1450. The quantitative estimate of drug-likeness (QED) is 0.510. The van der Waals surface area contributed by atoms with Gasteiger partial charge < -0.3 is 24.6 Å². The topological polar surface area (TPSA) is 132 Å². The highest BCUT2D eigenvalue weighted by Gasteiger charge is 2.33. The molecule has 0 saturated carbocycles. The van der Waals surface area contributed by atoms with Gasteiger partial charge in [0.15, 0.2) is 21.5 Å². The minimum absolute atomic E-state index is 0.0638. The number of hydrogen-bond acceptors (Lipinski definition) is 10. The maximum atomic E-state index is 14.7. The predicted molar refractivity (Wildman–Crippen MR) is 136 cm³/mol. The summed E-state index contributed by atoms with van der Waals surface area (Å²) >= 11 is 0. The molecule has 2 aromatic heterocycles. The molecule has 38 heavy (non-hydrogen) atoms. The Morgan fingerprint density at radius 1 is 1.18 bits per heavy atom. The molecule has 1 N–H and O–H groups in total. The zero-order chi connectivity index (χ0) is 27.0. The van der Waals surface area contributed by atoms with E-state index in [-0.39, 0.29) is 28.3 Å². The van der Waals surface area contributed by atoms with Gasteiger partial charge in [-0.05, 0) is 38.0 Å². The summed E-state index contributed by atoms with van der Waals surface area (Å²) in [7, 11) is -1.75. The average molecular weight is 546 g/mol. The van der Waals surface area contributed by atoms with Crippen molar-refractivity contribution in [3.8, 4) is 11.6 Å². The number of nitrogens with zero attached hydrogens (tertiary/aromatic N) is 6. The summed E-state index contributed by atoms with van der Waals surface area (Å²) in [5.41, 5.74) is 0.955. The van der Waals surface area contributed by atoms with Crippen LogP contribution in [0.25, 0.3) is 0 Å². The van der Waals surface area contributed by atoms with E-state index in [2.05, 4.69) is 25.3 Å². The summed E-state index contributed by atoms with van der Waals surface area (Å²) in [6.45, 7) is 3.88. The third-order valence-electron chi connectivity index (χ3n) is 6.70. The Labute approximate surface area is 219 Å². The number of likely N-dealkylation sites (tertiary alicyclic amines) is 1. The van der Waals surface area contributed by atoms with E-state index < -0.39 is 21.7 Å². The summed E-state index contributed by atoms with van der Waals surface area (Å²) < 4.78 is 51.0. The van der Waals surface area contributed by atoms with Gasteiger partial charge in [-0.3, -0.25) is 4.68 Å². The molecular formula is C24H28FN7O5S. The van der Waals surface area contributed by atoms with Gasteiger partial charge in [-0.15, -0.1) is 5.10 Å². The number of halogens is 1. The number of carbonyl (C=O) groups is 1. The molecule has 202 valence electrons. The van der Waals surface area contributed by atoms with Crippen LogP contribution in [0.5, 0.6) is 11.6 Å². The molecular weight excluding hydrogens is 517 g/mol. The molecule has 0 unspecified atom stereocenters. The Morgan fingerprint density at radius 2 is 1.95 bits per heavy atom. The van der Waals surface area contributed by atoms with Gasteiger partial charge in [0.05, 0.1) is 17.1 Å². The molecule has 1 saturated heterocycles. The van der Waals surface area contributed by atoms with Crippen molar-refractivity contribution in [3.63, 3.8) is 0 Å². The second-order valence-corrected chi connectivity index (χ2v) is 11.3. The largest absolute Gasteiger partial charge is 0.485 e. The number of benzene rings is 1. The zero-order valence-electron chi connectivity index (χ0n) is 21.2. The fraction of sp³-hybridized carbons (Fsp3) is 0.417. The standard InChI is InChI=1S/C24H28FN7O5S/c1-15-12-20(29-30(15)2)37-24(33)31-8-6-16(7-9-31)32-10-11-36-21-22(26-14-27-23(21)32)28-19-5-4-17(13-18(19)25)38(3,34)35/h4-5,12-14,16H,6-11H2,1-3H3,(H,26,27,28). The average Bonchev–Trinajstić information content (AvgIpc) is 3.20. The van der Waals surface area contributed by atoms with E-state index in [1.54, 1.807) is 22.7 Å². The normalized spacial score (nSPS) is 16.1. The van der Waals surface area contributed by atoms with Crippen LogP contribution >= 0.6 is 0 Å². The van der Waals surface area contributed by atoms with Gasteiger partial charge >= 0.3 is 6.09 Å². The maximum Gasteiger partial charge on any atom is 0.416 e. The summed E-state index contributed by atoms with van der Waals surface area (Å²) in [4.78, 5) is 24.9. The van der Waals surface area contributed by atoms with Crippen LogP contribution in [0.15, 0.2) is 35.5 Å². The van der Waals surface area contributed by atoms with Crippen LogP contribution in [-0.2, 0) is 16.9 Å². The van der Waals surface area contributed by atoms with Gasteiger partial charge in [0.2, 0.25) is 11.6 Å². The first kappa shape index (κ1) is 25.7. The second kappa shape index (κ2) is 10.1. The van der Waals surface area contributed by atoms with Crippen molar-refractivity contribution in [3.05, 3.63) is 42.1 Å². The molecule has 5 rings (SSSR count). The Balaban J connectivity index is 1.27. The van der Waals surface area contributed by atoms with Crippen molar-refractivity contribution in [1.82, 2.24) is 24.6 Å². The molecule has 0 aliphatic carbocycles. The lowest BCUT2D eigenvalue weighted by Crippen LogP contribution is -2.50. The molecule has 0 radical (unpaired) electrons. The number of ether oxygens (including phenoxy) is 2. The van der Waals surface area contributed by atoms with Crippen LogP contribution in [0.4, 0.5) is 26.5 Å². The van der Waals surface area contributed by atoms with Gasteiger partial charge in [-0.1, -0.05) is 0 Å². The number of amides is 1. The summed E-state index contributed by atoms with van der Waals surface area (Å²) in [5.74, 6) is 0.786. The molecule has 1 fully saturated rings. The van der Waals surface area contributed by atoms with Crippen molar-refractivity contribution >= 4 is 33.3 Å². The number of fused-ring (bicyclic) bond motifs is 1. The van der Waals surface area contributed by atoms with Crippen LogP contribution in [0.2, 0.25) is 0 Å². The fourth-order valence-corrected chi connectivity index (χ4v) is 5.18. The predicted octanol–water partition coefficient (Wildman–Crippen LogP) is 2.67. The number of aromatic nitrogens is 4. The third kappa shape index (κ3) is 5.21. The van der Waals surface area contributed by atoms with Crippen molar-refractivity contribution < 1.29 is 27.1 Å². The molecule has 4 heterocycles. The minimum atomic E-state index is -3.54. The highest BCUT2D eigenvalue weighted by molar-refractivity contribution is 7.90. The number of aryl methyl sites for hydroxylation is 2. The van der Waals surface area contributed by atoms with E-state index in [1.807, 2.05) is 6.92 Å². The lowest BCUT2D eigenvalue weighted by atomic mass is 10.0. The lowest BCUT2D eigenvalue weighted by molar-refractivity contribution is 0.135. The van der Waals surface area contributed by atoms with E-state index >= 15 is 0 Å². The van der Waals surface area contributed by atoms with E-state index in [1.165, 1.54) is 18.5 Å². The first-order chi connectivity index (χ1) is 18.1. The lowest BCUT2D eigenvalue weighted by Gasteiger charge is -2.41. The summed E-state index contributed by atoms with van der Waals surface area (Å²) in [6.07, 6.45) is 3.36. The fourth-order valence-electron chi connectivity index (χ4n) is 4.55. The first-order valence-corrected chi connectivity index (χ1v) is 14.0. The van der Waals surface area contributed by atoms with Crippen molar-refractivity contribution in [2.75, 3.05) is 42.7 Å². The van der Waals surface area contributed by atoms with Crippen molar-refractivity contribution in [2.24, 2.45) is 7.05 Å². The third-order valence-corrected chi connectivity index (χ3v) is 7.81. The SMILES string of the molecule is Cc1cc(OC(=O)N2CCC(N3CCOc4c(Nc5ccc(S(C)(=O)=O)cc5F)ncnc43)CC2)nn1C. The van der Waals surface area contributed by atoms with Gasteiger partial charge in [0.25, 0.3) is 0 Å². The van der Waals surface area contributed by atoms with Crippen LogP contribution in [-0.4, -0.2) is 77.7 Å².